The van der Waals surface area contributed by atoms with Gasteiger partial charge in [0.2, 0.25) is 11.4 Å². The lowest BCUT2D eigenvalue weighted by atomic mass is 9.74. The Morgan fingerprint density at radius 2 is 1.60 bits per heavy atom. The van der Waals surface area contributed by atoms with Gasteiger partial charge >= 0.3 is 5.97 Å². The molecule has 0 spiro atoms. The third-order valence-electron chi connectivity index (χ3n) is 6.42. The predicted octanol–water partition coefficient (Wildman–Crippen LogP) is 5.54. The van der Waals surface area contributed by atoms with Crippen molar-refractivity contribution in [3.8, 4) is 5.75 Å². The van der Waals surface area contributed by atoms with Gasteiger partial charge in [0.05, 0.1) is 5.56 Å². The Morgan fingerprint density at radius 1 is 0.967 bits per heavy atom. The first-order valence-electron chi connectivity index (χ1n) is 10.5. The van der Waals surface area contributed by atoms with Gasteiger partial charge in [-0.05, 0) is 29.4 Å². The molecule has 2 atom stereocenters. The van der Waals surface area contributed by atoms with Gasteiger partial charge in [0.15, 0.2) is 5.60 Å². The van der Waals surface area contributed by atoms with Crippen LogP contribution >= 0.6 is 0 Å². The number of carbonyl (C=O) groups excluding carboxylic acids is 2. The first kappa shape index (κ1) is 20.6. The van der Waals surface area contributed by atoms with Gasteiger partial charge < -0.3 is 9.47 Å². The Bertz CT molecular complexity index is 1080. The van der Waals surface area contributed by atoms with Crippen molar-refractivity contribution in [2.45, 2.75) is 77.4 Å². The summed E-state index contributed by atoms with van der Waals surface area (Å²) in [5.74, 6) is -0.0696. The van der Waals surface area contributed by atoms with Gasteiger partial charge in [-0.25, -0.2) is 0 Å². The minimum absolute atomic E-state index is 0.153. The number of esters is 1. The fraction of sp³-hybridized carbons (Fsp3) is 0.462. The van der Waals surface area contributed by atoms with Crippen molar-refractivity contribution < 1.29 is 19.1 Å². The summed E-state index contributed by atoms with van der Waals surface area (Å²) < 4.78 is 12.6. The molecule has 4 heteroatoms. The van der Waals surface area contributed by atoms with E-state index < -0.39 is 17.2 Å². The second-order valence-electron chi connectivity index (χ2n) is 10.7. The van der Waals surface area contributed by atoms with Crippen molar-refractivity contribution in [3.05, 3.63) is 64.2 Å². The molecule has 4 rings (SSSR count). The quantitative estimate of drug-likeness (QED) is 0.583. The highest BCUT2D eigenvalue weighted by atomic mass is 16.6. The van der Waals surface area contributed by atoms with Gasteiger partial charge in [0.1, 0.15) is 5.75 Å². The van der Waals surface area contributed by atoms with E-state index in [-0.39, 0.29) is 16.6 Å². The maximum absolute atomic E-state index is 13.9. The van der Waals surface area contributed by atoms with Crippen LogP contribution in [0.5, 0.6) is 5.75 Å². The molecule has 1 aliphatic heterocycles. The maximum Gasteiger partial charge on any atom is 0.304 e. The molecule has 0 bridgehead atoms. The standard InChI is InChI=1S/C26H30O4/c1-15(27)29-26-20-14-16(23(2,3)4)13-19(24(5,6)7)21(20)30-25(26,8)18-12-10-9-11-17(18)22(26)28/h9-14H,1-8H3. The average Bonchev–Trinajstić information content (AvgIpc) is 2.97. The fourth-order valence-electron chi connectivity index (χ4n) is 4.81. The summed E-state index contributed by atoms with van der Waals surface area (Å²) in [6, 6.07) is 11.6. The molecule has 0 fully saturated rings. The highest BCUT2D eigenvalue weighted by Crippen LogP contribution is 2.63. The molecule has 30 heavy (non-hydrogen) atoms. The number of Topliss-reactive ketones (excluding diaryl/α,β-unsaturated/α-hetero) is 1. The van der Waals surface area contributed by atoms with E-state index >= 15 is 0 Å². The molecule has 4 nitrogen and oxygen atoms in total. The van der Waals surface area contributed by atoms with Crippen molar-refractivity contribution >= 4 is 11.8 Å². The van der Waals surface area contributed by atoms with Crippen LogP contribution in [0.1, 0.15) is 88.0 Å². The summed E-state index contributed by atoms with van der Waals surface area (Å²) in [5, 5.41) is 0. The molecule has 1 heterocycles. The van der Waals surface area contributed by atoms with Gasteiger partial charge in [-0.1, -0.05) is 71.9 Å². The van der Waals surface area contributed by atoms with E-state index in [1.165, 1.54) is 6.92 Å². The van der Waals surface area contributed by atoms with Crippen LogP contribution in [-0.2, 0) is 31.6 Å². The normalized spacial score (nSPS) is 24.7. The van der Waals surface area contributed by atoms with Crippen LogP contribution in [0.15, 0.2) is 36.4 Å². The monoisotopic (exact) mass is 406 g/mol. The fourth-order valence-corrected chi connectivity index (χ4v) is 4.81. The summed E-state index contributed by atoms with van der Waals surface area (Å²) in [7, 11) is 0. The largest absolute Gasteiger partial charge is 0.477 e. The number of carbonyl (C=O) groups is 2. The third-order valence-corrected chi connectivity index (χ3v) is 6.42. The number of benzene rings is 2. The smallest absolute Gasteiger partial charge is 0.304 e. The van der Waals surface area contributed by atoms with Crippen molar-refractivity contribution in [1.29, 1.82) is 0 Å². The minimum atomic E-state index is -1.53. The molecule has 2 aliphatic rings. The first-order chi connectivity index (χ1) is 13.7. The summed E-state index contributed by atoms with van der Waals surface area (Å²) in [6.07, 6.45) is 0. The highest BCUT2D eigenvalue weighted by molar-refractivity contribution is 6.11. The lowest BCUT2D eigenvalue weighted by Gasteiger charge is -2.34. The van der Waals surface area contributed by atoms with Crippen molar-refractivity contribution in [3.63, 3.8) is 0 Å². The Balaban J connectivity index is 2.13. The van der Waals surface area contributed by atoms with Gasteiger partial charge in [0, 0.05) is 23.6 Å². The molecule has 0 saturated heterocycles. The van der Waals surface area contributed by atoms with Gasteiger partial charge in [-0.3, -0.25) is 9.59 Å². The molecule has 0 saturated carbocycles. The van der Waals surface area contributed by atoms with E-state index in [0.717, 1.165) is 16.7 Å². The van der Waals surface area contributed by atoms with Crippen LogP contribution in [0.2, 0.25) is 0 Å². The second kappa shape index (κ2) is 5.96. The molecule has 1 aliphatic carbocycles. The molecule has 0 radical (unpaired) electrons. The Kier molecular flexibility index (Phi) is 4.10. The average molecular weight is 407 g/mol. The van der Waals surface area contributed by atoms with Crippen LogP contribution < -0.4 is 4.74 Å². The molecule has 0 N–H and O–H groups in total. The van der Waals surface area contributed by atoms with Gasteiger partial charge in [-0.15, -0.1) is 0 Å². The second-order valence-corrected chi connectivity index (χ2v) is 10.7. The lowest BCUT2D eigenvalue weighted by Crippen LogP contribution is -2.49. The zero-order valence-electron chi connectivity index (χ0n) is 19.1. The topological polar surface area (TPSA) is 52.6 Å². The molecular weight excluding hydrogens is 376 g/mol. The number of hydrogen-bond acceptors (Lipinski definition) is 4. The molecule has 158 valence electrons. The summed E-state index contributed by atoms with van der Waals surface area (Å²) in [5.41, 5.74) is 1.02. The van der Waals surface area contributed by atoms with Crippen LogP contribution in [0.4, 0.5) is 0 Å². The molecule has 0 aromatic heterocycles. The number of ether oxygens (including phenoxy) is 2. The zero-order valence-corrected chi connectivity index (χ0v) is 19.1. The number of ketones is 1. The summed E-state index contributed by atoms with van der Waals surface area (Å²) in [6.45, 7) is 16.0. The maximum atomic E-state index is 13.9. The van der Waals surface area contributed by atoms with Crippen LogP contribution in [0.3, 0.4) is 0 Å². The van der Waals surface area contributed by atoms with Crippen LogP contribution in [0.25, 0.3) is 0 Å². The van der Waals surface area contributed by atoms with Gasteiger partial charge in [-0.2, -0.15) is 0 Å². The molecule has 2 aromatic rings. The van der Waals surface area contributed by atoms with E-state index in [9.17, 15) is 9.59 Å². The van der Waals surface area contributed by atoms with E-state index in [2.05, 4.69) is 47.6 Å². The number of fused-ring (bicyclic) bond motifs is 5. The third kappa shape index (κ3) is 2.52. The number of hydrogen-bond donors (Lipinski definition) is 0. The Morgan fingerprint density at radius 3 is 2.17 bits per heavy atom. The van der Waals surface area contributed by atoms with E-state index in [1.54, 1.807) is 6.07 Å². The summed E-state index contributed by atoms with van der Waals surface area (Å²) in [4.78, 5) is 26.2. The van der Waals surface area contributed by atoms with E-state index in [1.807, 2.05) is 31.2 Å². The number of rotatable bonds is 1. The molecular formula is C26H30O4. The van der Waals surface area contributed by atoms with Crippen molar-refractivity contribution in [2.24, 2.45) is 0 Å². The van der Waals surface area contributed by atoms with Gasteiger partial charge in [0.25, 0.3) is 0 Å². The highest BCUT2D eigenvalue weighted by Gasteiger charge is 2.71. The summed E-state index contributed by atoms with van der Waals surface area (Å²) >= 11 is 0. The van der Waals surface area contributed by atoms with Crippen LogP contribution in [-0.4, -0.2) is 11.8 Å². The van der Waals surface area contributed by atoms with E-state index in [4.69, 9.17) is 9.47 Å². The van der Waals surface area contributed by atoms with Crippen molar-refractivity contribution in [2.75, 3.05) is 0 Å². The van der Waals surface area contributed by atoms with E-state index in [0.29, 0.717) is 16.9 Å². The molecule has 2 unspecified atom stereocenters. The molecule has 2 aromatic carbocycles. The minimum Gasteiger partial charge on any atom is -0.477 e. The SMILES string of the molecule is CC(=O)OC12C(=O)c3ccccc3C1(C)Oc1c(C(C)(C)C)cc(C(C)(C)C)cc12. The lowest BCUT2D eigenvalue weighted by molar-refractivity contribution is -0.168. The van der Waals surface area contributed by atoms with Crippen LogP contribution in [0, 0.1) is 0 Å². The van der Waals surface area contributed by atoms with Crippen molar-refractivity contribution in [1.82, 2.24) is 0 Å². The first-order valence-corrected chi connectivity index (χ1v) is 10.5. The predicted molar refractivity (Wildman–Crippen MR) is 116 cm³/mol. The Hall–Kier alpha value is -2.62. The zero-order chi connectivity index (χ0) is 22.3. The Labute approximate surface area is 178 Å². The molecule has 0 amide bonds.